The first-order valence-corrected chi connectivity index (χ1v) is 6.70. The molecule has 0 spiro atoms. The number of hydrogen-bond donors (Lipinski definition) is 1. The molecular formula is C13H11N3O2S. The summed E-state index contributed by atoms with van der Waals surface area (Å²) in [6, 6.07) is 7.45. The number of hydrogen-bond acceptors (Lipinski definition) is 5. The zero-order chi connectivity index (χ0) is 13.2. The molecule has 1 N–H and O–H groups in total. The van der Waals surface area contributed by atoms with E-state index in [1.165, 1.54) is 11.3 Å². The Bertz CT molecular complexity index is 637. The highest BCUT2D eigenvalue weighted by Crippen LogP contribution is 2.29. The summed E-state index contributed by atoms with van der Waals surface area (Å²) in [5.41, 5.74) is 3.84. The molecule has 0 saturated heterocycles. The van der Waals surface area contributed by atoms with E-state index in [0.29, 0.717) is 23.6 Å². The van der Waals surface area contributed by atoms with Crippen LogP contribution in [0.15, 0.2) is 41.1 Å². The fraction of sp³-hybridized carbons (Fsp3) is 0.154. The van der Waals surface area contributed by atoms with Gasteiger partial charge in [0.15, 0.2) is 0 Å². The lowest BCUT2D eigenvalue weighted by molar-refractivity contribution is 0.0990. The monoisotopic (exact) mass is 273 g/mol. The second kappa shape index (κ2) is 4.81. The van der Waals surface area contributed by atoms with Crippen molar-refractivity contribution in [3.05, 3.63) is 46.4 Å². The zero-order valence-corrected chi connectivity index (χ0v) is 10.8. The van der Waals surface area contributed by atoms with Crippen molar-refractivity contribution in [2.24, 2.45) is 5.16 Å². The number of para-hydroxylation sites is 1. The molecule has 0 fully saturated rings. The van der Waals surface area contributed by atoms with Crippen LogP contribution in [-0.2, 0) is 0 Å². The average Bonchev–Trinajstić information content (AvgIpc) is 2.99. The third-order valence-corrected chi connectivity index (χ3v) is 3.85. The van der Waals surface area contributed by atoms with Gasteiger partial charge < -0.3 is 10.1 Å². The van der Waals surface area contributed by atoms with Crippen LogP contribution in [0.1, 0.15) is 21.7 Å². The van der Waals surface area contributed by atoms with Gasteiger partial charge in [0.05, 0.1) is 23.1 Å². The van der Waals surface area contributed by atoms with Gasteiger partial charge in [-0.1, -0.05) is 23.4 Å². The maximum Gasteiger partial charge on any atom is 0.270 e. The van der Waals surface area contributed by atoms with E-state index in [-0.39, 0.29) is 5.91 Å². The predicted octanol–water partition coefficient (Wildman–Crippen LogP) is 2.37. The lowest BCUT2D eigenvalue weighted by Gasteiger charge is -2.29. The van der Waals surface area contributed by atoms with Crippen molar-refractivity contribution in [1.29, 1.82) is 0 Å². The molecule has 19 heavy (non-hydrogen) atoms. The maximum atomic E-state index is 12.4. The minimum atomic E-state index is -0.0630. The summed E-state index contributed by atoms with van der Waals surface area (Å²) in [7, 11) is 0. The molecule has 5 nitrogen and oxygen atoms in total. The standard InChI is InChI=1S/C13H11N3O2S/c17-13(12-7-14-8-19-12)16-6-5-10(15-18)9-3-1-2-4-11(9)16/h1-4,7-8,18H,5-6H2/b15-10-. The first-order chi connectivity index (χ1) is 9.31. The first kappa shape index (κ1) is 11.9. The van der Waals surface area contributed by atoms with Crippen LogP contribution in [0.3, 0.4) is 0 Å². The predicted molar refractivity (Wildman–Crippen MR) is 73.2 cm³/mol. The Labute approximate surface area is 113 Å². The molecule has 1 aliphatic rings. The molecule has 1 aromatic heterocycles. The molecule has 0 unspecified atom stereocenters. The Morgan fingerprint density at radius 3 is 3.00 bits per heavy atom. The number of carbonyl (C=O) groups excluding carboxylic acids is 1. The van der Waals surface area contributed by atoms with E-state index in [1.807, 2.05) is 24.3 Å². The van der Waals surface area contributed by atoms with Crippen molar-refractivity contribution < 1.29 is 10.0 Å². The van der Waals surface area contributed by atoms with Gasteiger partial charge in [0.1, 0.15) is 4.88 Å². The summed E-state index contributed by atoms with van der Waals surface area (Å²) in [4.78, 5) is 18.7. The van der Waals surface area contributed by atoms with Crippen molar-refractivity contribution in [1.82, 2.24) is 4.98 Å². The fourth-order valence-corrected chi connectivity index (χ4v) is 2.76. The van der Waals surface area contributed by atoms with Gasteiger partial charge in [0.25, 0.3) is 5.91 Å². The van der Waals surface area contributed by atoms with Gasteiger partial charge in [-0.15, -0.1) is 11.3 Å². The van der Waals surface area contributed by atoms with Gasteiger partial charge in [-0.25, -0.2) is 0 Å². The number of carbonyl (C=O) groups is 1. The van der Waals surface area contributed by atoms with Crippen molar-refractivity contribution in [2.45, 2.75) is 6.42 Å². The molecule has 0 aliphatic carbocycles. The molecule has 2 aromatic rings. The van der Waals surface area contributed by atoms with Crippen LogP contribution in [0.2, 0.25) is 0 Å². The minimum absolute atomic E-state index is 0.0630. The molecule has 1 aromatic carbocycles. The molecule has 0 atom stereocenters. The summed E-state index contributed by atoms with van der Waals surface area (Å²) >= 11 is 1.32. The Morgan fingerprint density at radius 1 is 1.42 bits per heavy atom. The van der Waals surface area contributed by atoms with Crippen molar-refractivity contribution in [2.75, 3.05) is 11.4 Å². The second-order valence-corrected chi connectivity index (χ2v) is 5.02. The zero-order valence-electron chi connectivity index (χ0n) is 9.98. The molecule has 96 valence electrons. The molecule has 2 heterocycles. The van der Waals surface area contributed by atoms with Crippen molar-refractivity contribution in [3.8, 4) is 0 Å². The normalized spacial score (nSPS) is 16.4. The van der Waals surface area contributed by atoms with E-state index in [9.17, 15) is 4.79 Å². The van der Waals surface area contributed by atoms with Crippen LogP contribution < -0.4 is 4.90 Å². The lowest BCUT2D eigenvalue weighted by atomic mass is 9.99. The minimum Gasteiger partial charge on any atom is -0.411 e. The van der Waals surface area contributed by atoms with Crippen LogP contribution in [-0.4, -0.2) is 28.4 Å². The molecule has 0 radical (unpaired) electrons. The number of aromatic nitrogens is 1. The summed E-state index contributed by atoms with van der Waals surface area (Å²) in [5.74, 6) is -0.0630. The number of amides is 1. The lowest BCUT2D eigenvalue weighted by Crippen LogP contribution is -2.37. The molecule has 1 aliphatic heterocycles. The molecule has 1 amide bonds. The van der Waals surface area contributed by atoms with Gasteiger partial charge in [0, 0.05) is 18.5 Å². The number of fused-ring (bicyclic) bond motifs is 1. The largest absolute Gasteiger partial charge is 0.411 e. The average molecular weight is 273 g/mol. The van der Waals surface area contributed by atoms with Crippen molar-refractivity contribution >= 4 is 28.6 Å². The Balaban J connectivity index is 2.03. The first-order valence-electron chi connectivity index (χ1n) is 5.82. The fourth-order valence-electron chi connectivity index (χ4n) is 2.20. The number of thiazole rings is 1. The van der Waals surface area contributed by atoms with Gasteiger partial charge >= 0.3 is 0 Å². The molecule has 3 rings (SSSR count). The van der Waals surface area contributed by atoms with Gasteiger partial charge in [-0.3, -0.25) is 9.78 Å². The topological polar surface area (TPSA) is 65.8 Å². The van der Waals surface area contributed by atoms with E-state index >= 15 is 0 Å². The molecular weight excluding hydrogens is 262 g/mol. The highest BCUT2D eigenvalue weighted by Gasteiger charge is 2.27. The number of anilines is 1. The van der Waals surface area contributed by atoms with Crippen LogP contribution in [0, 0.1) is 0 Å². The van der Waals surface area contributed by atoms with Crippen LogP contribution in [0.5, 0.6) is 0 Å². The van der Waals surface area contributed by atoms with Crippen LogP contribution >= 0.6 is 11.3 Å². The van der Waals surface area contributed by atoms with Crippen LogP contribution in [0.25, 0.3) is 0 Å². The second-order valence-electron chi connectivity index (χ2n) is 4.14. The Morgan fingerprint density at radius 2 is 2.26 bits per heavy atom. The van der Waals surface area contributed by atoms with Crippen LogP contribution in [0.4, 0.5) is 5.69 Å². The van der Waals surface area contributed by atoms with E-state index < -0.39 is 0 Å². The number of rotatable bonds is 1. The molecule has 6 heteroatoms. The van der Waals surface area contributed by atoms with Gasteiger partial charge in [0.2, 0.25) is 0 Å². The van der Waals surface area contributed by atoms with E-state index in [4.69, 9.17) is 5.21 Å². The smallest absolute Gasteiger partial charge is 0.270 e. The van der Waals surface area contributed by atoms with Gasteiger partial charge in [-0.05, 0) is 6.07 Å². The quantitative estimate of drug-likeness (QED) is 0.640. The molecule has 0 saturated carbocycles. The van der Waals surface area contributed by atoms with E-state index in [1.54, 1.807) is 16.6 Å². The van der Waals surface area contributed by atoms with Gasteiger partial charge in [-0.2, -0.15) is 0 Å². The highest BCUT2D eigenvalue weighted by atomic mass is 32.1. The van der Waals surface area contributed by atoms with E-state index in [0.717, 1.165) is 11.3 Å². The van der Waals surface area contributed by atoms with Crippen molar-refractivity contribution in [3.63, 3.8) is 0 Å². The number of oxime groups is 1. The Kier molecular flexibility index (Phi) is 3.00. The van der Waals surface area contributed by atoms with E-state index in [2.05, 4.69) is 10.1 Å². The maximum absolute atomic E-state index is 12.4. The third kappa shape index (κ3) is 2.00. The number of benzene rings is 1. The summed E-state index contributed by atoms with van der Waals surface area (Å²) in [5, 5.41) is 12.3. The summed E-state index contributed by atoms with van der Waals surface area (Å²) in [6.45, 7) is 0.507. The SMILES string of the molecule is O=C(c1cncs1)N1CC/C(=N/O)c2ccccc21. The summed E-state index contributed by atoms with van der Waals surface area (Å²) < 4.78 is 0. The summed E-state index contributed by atoms with van der Waals surface area (Å²) in [6.07, 6.45) is 2.11. The third-order valence-electron chi connectivity index (χ3n) is 3.09. The highest BCUT2D eigenvalue weighted by molar-refractivity contribution is 7.11. The molecule has 0 bridgehead atoms. The number of nitrogens with zero attached hydrogens (tertiary/aromatic N) is 3. The Hall–Kier alpha value is -2.21.